The molecule has 4 nitrogen and oxygen atoms in total. The molecule has 1 atom stereocenters. The minimum atomic E-state index is -0.737. The van der Waals surface area contributed by atoms with E-state index in [1.807, 2.05) is 36.4 Å². The van der Waals surface area contributed by atoms with E-state index in [4.69, 9.17) is 4.74 Å². The second-order valence-electron chi connectivity index (χ2n) is 7.29. The molecule has 0 aliphatic carbocycles. The van der Waals surface area contributed by atoms with E-state index in [1.165, 1.54) is 11.1 Å². The number of nitrogens with one attached hydrogen (secondary N) is 1. The van der Waals surface area contributed by atoms with Gasteiger partial charge >= 0.3 is 5.97 Å². The molecule has 1 aliphatic rings. The number of benzene rings is 2. The van der Waals surface area contributed by atoms with E-state index in [9.17, 15) is 9.59 Å². The molecule has 1 N–H and O–H groups in total. The highest BCUT2D eigenvalue weighted by molar-refractivity contribution is 5.87. The normalized spacial score (nSPS) is 18.6. The molecule has 0 spiro atoms. The summed E-state index contributed by atoms with van der Waals surface area (Å²) in [5.74, 6) is -0.628. The second kappa shape index (κ2) is 7.73. The standard InChI is InChI=1S/C22H25NO3/c1-22(2)19(15-20(24)26-22)21(25)23-14-13-18(16-9-5-3-6-10-16)17-11-7-4-8-12-17/h3-12,18-19H,13-15H2,1-2H3,(H,23,25). The van der Waals surface area contributed by atoms with E-state index in [2.05, 4.69) is 29.6 Å². The van der Waals surface area contributed by atoms with Crippen LogP contribution in [0.1, 0.15) is 43.7 Å². The van der Waals surface area contributed by atoms with Crippen LogP contribution < -0.4 is 5.32 Å². The van der Waals surface area contributed by atoms with Crippen LogP contribution in [-0.4, -0.2) is 24.0 Å². The maximum absolute atomic E-state index is 12.5. The predicted molar refractivity (Wildman–Crippen MR) is 101 cm³/mol. The topological polar surface area (TPSA) is 55.4 Å². The number of hydrogen-bond donors (Lipinski definition) is 1. The van der Waals surface area contributed by atoms with Gasteiger partial charge in [-0.3, -0.25) is 9.59 Å². The number of esters is 1. The summed E-state index contributed by atoms with van der Waals surface area (Å²) in [6.45, 7) is 4.13. The fraction of sp³-hybridized carbons (Fsp3) is 0.364. The van der Waals surface area contributed by atoms with Gasteiger partial charge in [0.2, 0.25) is 5.91 Å². The van der Waals surface area contributed by atoms with E-state index in [0.717, 1.165) is 6.42 Å². The first kappa shape index (κ1) is 18.2. The lowest BCUT2D eigenvalue weighted by Crippen LogP contribution is -2.41. The molecule has 1 aliphatic heterocycles. The van der Waals surface area contributed by atoms with Crippen LogP contribution in [-0.2, 0) is 14.3 Å². The van der Waals surface area contributed by atoms with Gasteiger partial charge in [-0.2, -0.15) is 0 Å². The van der Waals surface area contributed by atoms with Crippen LogP contribution >= 0.6 is 0 Å². The maximum Gasteiger partial charge on any atom is 0.307 e. The SMILES string of the molecule is CC1(C)OC(=O)CC1C(=O)NCCC(c1ccccc1)c1ccccc1. The van der Waals surface area contributed by atoms with E-state index < -0.39 is 11.5 Å². The molecule has 1 amide bonds. The van der Waals surface area contributed by atoms with Crippen molar-refractivity contribution in [1.82, 2.24) is 5.32 Å². The van der Waals surface area contributed by atoms with Crippen molar-refractivity contribution in [3.8, 4) is 0 Å². The maximum atomic E-state index is 12.5. The molecule has 26 heavy (non-hydrogen) atoms. The highest BCUT2D eigenvalue weighted by Gasteiger charge is 2.45. The highest BCUT2D eigenvalue weighted by Crippen LogP contribution is 2.32. The summed E-state index contributed by atoms with van der Waals surface area (Å²) in [6, 6.07) is 20.6. The molecule has 0 bridgehead atoms. The molecule has 1 fully saturated rings. The summed E-state index contributed by atoms with van der Waals surface area (Å²) < 4.78 is 5.25. The summed E-state index contributed by atoms with van der Waals surface area (Å²) in [7, 11) is 0. The Morgan fingerprint density at radius 2 is 1.62 bits per heavy atom. The lowest BCUT2D eigenvalue weighted by atomic mass is 9.88. The third-order valence-electron chi connectivity index (χ3n) is 5.04. The monoisotopic (exact) mass is 351 g/mol. The Balaban J connectivity index is 1.66. The van der Waals surface area contributed by atoms with Gasteiger partial charge in [-0.25, -0.2) is 0 Å². The molecule has 2 aromatic carbocycles. The van der Waals surface area contributed by atoms with Crippen LogP contribution in [0.15, 0.2) is 60.7 Å². The average molecular weight is 351 g/mol. The van der Waals surface area contributed by atoms with Gasteiger partial charge in [0.15, 0.2) is 0 Å². The van der Waals surface area contributed by atoms with E-state index in [1.54, 1.807) is 13.8 Å². The first-order valence-electron chi connectivity index (χ1n) is 9.07. The number of ether oxygens (including phenoxy) is 1. The van der Waals surface area contributed by atoms with Crippen LogP contribution in [0.2, 0.25) is 0 Å². The molecule has 0 saturated carbocycles. The smallest absolute Gasteiger partial charge is 0.307 e. The Bertz CT molecular complexity index is 716. The van der Waals surface area contributed by atoms with Gasteiger partial charge in [-0.15, -0.1) is 0 Å². The van der Waals surface area contributed by atoms with E-state index >= 15 is 0 Å². The molecule has 1 saturated heterocycles. The van der Waals surface area contributed by atoms with Crippen LogP contribution in [0.4, 0.5) is 0 Å². The molecular formula is C22H25NO3. The largest absolute Gasteiger partial charge is 0.459 e. The lowest BCUT2D eigenvalue weighted by molar-refractivity contribution is -0.147. The fourth-order valence-electron chi connectivity index (χ4n) is 3.59. The number of rotatable bonds is 6. The predicted octanol–water partition coefficient (Wildman–Crippen LogP) is 3.67. The summed E-state index contributed by atoms with van der Waals surface area (Å²) >= 11 is 0. The Kier molecular flexibility index (Phi) is 5.40. The third kappa shape index (κ3) is 4.13. The molecule has 1 heterocycles. The van der Waals surface area contributed by atoms with Crippen LogP contribution in [0, 0.1) is 5.92 Å². The zero-order valence-corrected chi connectivity index (χ0v) is 15.3. The zero-order valence-electron chi connectivity index (χ0n) is 15.3. The Morgan fingerprint density at radius 3 is 2.08 bits per heavy atom. The quantitative estimate of drug-likeness (QED) is 0.808. The molecule has 0 aromatic heterocycles. The zero-order chi connectivity index (χ0) is 18.6. The molecule has 1 unspecified atom stereocenters. The fourth-order valence-corrected chi connectivity index (χ4v) is 3.59. The third-order valence-corrected chi connectivity index (χ3v) is 5.04. The first-order chi connectivity index (χ1) is 12.5. The summed E-state index contributed by atoms with van der Waals surface area (Å²) in [5.41, 5.74) is 1.72. The molecule has 0 radical (unpaired) electrons. The molecule has 3 rings (SSSR count). The minimum absolute atomic E-state index is 0.110. The van der Waals surface area contributed by atoms with Crippen molar-refractivity contribution in [2.24, 2.45) is 5.92 Å². The van der Waals surface area contributed by atoms with Crippen molar-refractivity contribution in [2.45, 2.75) is 38.2 Å². The Hall–Kier alpha value is -2.62. The van der Waals surface area contributed by atoms with Crippen molar-refractivity contribution in [2.75, 3.05) is 6.54 Å². The number of amides is 1. The highest BCUT2D eigenvalue weighted by atomic mass is 16.6. The first-order valence-corrected chi connectivity index (χ1v) is 9.07. The Morgan fingerprint density at radius 1 is 1.08 bits per heavy atom. The number of carbonyl (C=O) groups excluding carboxylic acids is 2. The van der Waals surface area contributed by atoms with Crippen LogP contribution in [0.5, 0.6) is 0 Å². The van der Waals surface area contributed by atoms with Crippen LogP contribution in [0.25, 0.3) is 0 Å². The van der Waals surface area contributed by atoms with Gasteiger partial charge in [0, 0.05) is 12.5 Å². The molecule has 136 valence electrons. The lowest BCUT2D eigenvalue weighted by Gasteiger charge is -2.24. The number of cyclic esters (lactones) is 1. The summed E-state index contributed by atoms with van der Waals surface area (Å²) in [4.78, 5) is 24.0. The molecule has 2 aromatic rings. The van der Waals surface area contributed by atoms with Gasteiger partial charge in [0.25, 0.3) is 0 Å². The van der Waals surface area contributed by atoms with E-state index in [0.29, 0.717) is 6.54 Å². The molecular weight excluding hydrogens is 326 g/mol. The number of hydrogen-bond acceptors (Lipinski definition) is 3. The van der Waals surface area contributed by atoms with Crippen molar-refractivity contribution >= 4 is 11.9 Å². The summed E-state index contributed by atoms with van der Waals surface area (Å²) in [5, 5.41) is 3.00. The van der Waals surface area contributed by atoms with Gasteiger partial charge in [-0.1, -0.05) is 60.7 Å². The van der Waals surface area contributed by atoms with Crippen molar-refractivity contribution in [3.63, 3.8) is 0 Å². The van der Waals surface area contributed by atoms with E-state index in [-0.39, 0.29) is 24.2 Å². The van der Waals surface area contributed by atoms with Gasteiger partial charge in [0.1, 0.15) is 5.60 Å². The second-order valence-corrected chi connectivity index (χ2v) is 7.29. The van der Waals surface area contributed by atoms with Crippen molar-refractivity contribution in [1.29, 1.82) is 0 Å². The Labute approximate surface area is 154 Å². The van der Waals surface area contributed by atoms with Crippen molar-refractivity contribution in [3.05, 3.63) is 71.8 Å². The van der Waals surface area contributed by atoms with Crippen LogP contribution in [0.3, 0.4) is 0 Å². The van der Waals surface area contributed by atoms with Gasteiger partial charge in [0.05, 0.1) is 12.3 Å². The van der Waals surface area contributed by atoms with Gasteiger partial charge < -0.3 is 10.1 Å². The van der Waals surface area contributed by atoms with Gasteiger partial charge in [-0.05, 0) is 31.4 Å². The van der Waals surface area contributed by atoms with Crippen molar-refractivity contribution < 1.29 is 14.3 Å². The number of carbonyl (C=O) groups is 2. The molecule has 4 heteroatoms. The average Bonchev–Trinajstić information content (AvgIpc) is 2.92. The summed E-state index contributed by atoms with van der Waals surface area (Å²) in [6.07, 6.45) is 0.946. The minimum Gasteiger partial charge on any atom is -0.459 e.